The number of benzene rings is 1. The van der Waals surface area contributed by atoms with Gasteiger partial charge in [0.15, 0.2) is 0 Å². The number of nitriles is 1. The van der Waals surface area contributed by atoms with Gasteiger partial charge in [-0.3, -0.25) is 4.79 Å². The third-order valence-electron chi connectivity index (χ3n) is 2.41. The topological polar surface area (TPSA) is 58.7 Å². The molecule has 0 atom stereocenters. The molecular weight excluding hydrogens is 214 g/mol. The lowest BCUT2D eigenvalue weighted by atomic mass is 10.1. The molecule has 0 radical (unpaired) electrons. The van der Waals surface area contributed by atoms with Gasteiger partial charge in [-0.2, -0.15) is 10.4 Å². The molecule has 0 bridgehead atoms. The maximum absolute atomic E-state index is 11.7. The second-order valence-corrected chi connectivity index (χ2v) is 3.58. The van der Waals surface area contributed by atoms with Crippen molar-refractivity contribution in [2.75, 3.05) is 0 Å². The summed E-state index contributed by atoms with van der Waals surface area (Å²) in [4.78, 5) is 11.7. The third kappa shape index (κ3) is 2.58. The molecule has 17 heavy (non-hydrogen) atoms. The molecule has 1 aromatic heterocycles. The molecule has 4 nitrogen and oxygen atoms in total. The Balaban J connectivity index is 2.32. The van der Waals surface area contributed by atoms with Crippen LogP contribution in [0.1, 0.15) is 6.42 Å². The van der Waals surface area contributed by atoms with Crippen LogP contribution in [0.4, 0.5) is 0 Å². The molecule has 0 amide bonds. The Morgan fingerprint density at radius 1 is 1.24 bits per heavy atom. The van der Waals surface area contributed by atoms with E-state index in [1.165, 1.54) is 4.68 Å². The van der Waals surface area contributed by atoms with E-state index in [1.54, 1.807) is 12.3 Å². The Morgan fingerprint density at radius 2 is 2.00 bits per heavy atom. The van der Waals surface area contributed by atoms with E-state index in [1.807, 2.05) is 36.4 Å². The summed E-state index contributed by atoms with van der Waals surface area (Å²) in [5.41, 5.74) is 1.58. The highest BCUT2D eigenvalue weighted by Gasteiger charge is 2.01. The van der Waals surface area contributed by atoms with Crippen LogP contribution in [0.2, 0.25) is 0 Å². The number of aromatic nitrogens is 2. The van der Waals surface area contributed by atoms with Crippen molar-refractivity contribution >= 4 is 0 Å². The van der Waals surface area contributed by atoms with Crippen LogP contribution in [0.15, 0.2) is 47.4 Å². The number of nitrogens with zero attached hydrogens (tertiary/aromatic N) is 3. The molecule has 0 fully saturated rings. The first-order valence-corrected chi connectivity index (χ1v) is 5.31. The van der Waals surface area contributed by atoms with E-state index >= 15 is 0 Å². The Bertz CT molecular complexity index is 596. The molecule has 2 rings (SSSR count). The highest BCUT2D eigenvalue weighted by atomic mass is 16.1. The van der Waals surface area contributed by atoms with E-state index in [2.05, 4.69) is 5.10 Å². The van der Waals surface area contributed by atoms with E-state index in [-0.39, 0.29) is 12.0 Å². The SMILES string of the molecule is N#CCCn1ncc(-c2ccccc2)cc1=O. The average molecular weight is 225 g/mol. The molecule has 0 aliphatic rings. The van der Waals surface area contributed by atoms with Gasteiger partial charge < -0.3 is 0 Å². The first-order chi connectivity index (χ1) is 8.31. The van der Waals surface area contributed by atoms with Crippen molar-refractivity contribution < 1.29 is 0 Å². The highest BCUT2D eigenvalue weighted by molar-refractivity contribution is 5.61. The van der Waals surface area contributed by atoms with Crippen molar-refractivity contribution in [3.05, 3.63) is 52.9 Å². The van der Waals surface area contributed by atoms with Gasteiger partial charge in [-0.05, 0) is 5.56 Å². The van der Waals surface area contributed by atoms with Gasteiger partial charge in [-0.1, -0.05) is 30.3 Å². The number of aryl methyl sites for hydroxylation is 1. The summed E-state index contributed by atoms with van der Waals surface area (Å²) < 4.78 is 1.30. The zero-order valence-corrected chi connectivity index (χ0v) is 9.21. The minimum absolute atomic E-state index is 0.179. The second kappa shape index (κ2) is 5.08. The van der Waals surface area contributed by atoms with E-state index < -0.39 is 0 Å². The monoisotopic (exact) mass is 225 g/mol. The van der Waals surface area contributed by atoms with Gasteiger partial charge in [0.2, 0.25) is 0 Å². The van der Waals surface area contributed by atoms with Crippen molar-refractivity contribution in [3.8, 4) is 17.2 Å². The summed E-state index contributed by atoms with van der Waals surface area (Å²) in [6.07, 6.45) is 1.94. The van der Waals surface area contributed by atoms with Crippen LogP contribution in [0.3, 0.4) is 0 Å². The van der Waals surface area contributed by atoms with Crippen LogP contribution in [0.5, 0.6) is 0 Å². The standard InChI is InChI=1S/C13H11N3O/c14-7-4-8-16-13(17)9-12(10-15-16)11-5-2-1-3-6-11/h1-3,5-6,9-10H,4,8H2. The van der Waals surface area contributed by atoms with Crippen LogP contribution in [-0.4, -0.2) is 9.78 Å². The molecule has 0 spiro atoms. The first kappa shape index (κ1) is 11.1. The molecule has 0 saturated heterocycles. The zero-order chi connectivity index (χ0) is 12.1. The fourth-order valence-electron chi connectivity index (χ4n) is 1.55. The lowest BCUT2D eigenvalue weighted by Crippen LogP contribution is -2.21. The third-order valence-corrected chi connectivity index (χ3v) is 2.41. The molecule has 0 N–H and O–H groups in total. The summed E-state index contributed by atoms with van der Waals surface area (Å²) in [7, 11) is 0. The van der Waals surface area contributed by atoms with Crippen LogP contribution < -0.4 is 5.56 Å². The van der Waals surface area contributed by atoms with Crippen molar-refractivity contribution in [1.29, 1.82) is 5.26 Å². The summed E-state index contributed by atoms with van der Waals surface area (Å²) in [6.45, 7) is 0.338. The van der Waals surface area contributed by atoms with Gasteiger partial charge in [0.25, 0.3) is 5.56 Å². The molecule has 2 aromatic rings. The lowest BCUT2D eigenvalue weighted by Gasteiger charge is -2.03. The zero-order valence-electron chi connectivity index (χ0n) is 9.21. The van der Waals surface area contributed by atoms with Crippen molar-refractivity contribution in [2.24, 2.45) is 0 Å². The van der Waals surface area contributed by atoms with Crippen LogP contribution in [0, 0.1) is 11.3 Å². The van der Waals surface area contributed by atoms with Crippen molar-refractivity contribution in [1.82, 2.24) is 9.78 Å². The predicted molar refractivity (Wildman–Crippen MR) is 64.2 cm³/mol. The van der Waals surface area contributed by atoms with Crippen molar-refractivity contribution in [3.63, 3.8) is 0 Å². The minimum atomic E-state index is -0.179. The van der Waals surface area contributed by atoms with Crippen molar-refractivity contribution in [2.45, 2.75) is 13.0 Å². The fourth-order valence-corrected chi connectivity index (χ4v) is 1.55. The molecule has 4 heteroatoms. The summed E-state index contributed by atoms with van der Waals surface area (Å²) >= 11 is 0. The summed E-state index contributed by atoms with van der Waals surface area (Å²) in [5, 5.41) is 12.5. The Labute approximate surface area is 98.8 Å². The van der Waals surface area contributed by atoms with E-state index in [9.17, 15) is 4.79 Å². The average Bonchev–Trinajstić information content (AvgIpc) is 2.38. The normalized spacial score (nSPS) is 9.82. The molecule has 1 aromatic carbocycles. The number of hydrogen-bond acceptors (Lipinski definition) is 3. The van der Waals surface area contributed by atoms with Gasteiger partial charge in [0.1, 0.15) is 0 Å². The van der Waals surface area contributed by atoms with Gasteiger partial charge in [0, 0.05) is 11.6 Å². The van der Waals surface area contributed by atoms with E-state index in [0.29, 0.717) is 6.54 Å². The molecular formula is C13H11N3O. The number of rotatable bonds is 3. The van der Waals surface area contributed by atoms with E-state index in [4.69, 9.17) is 5.26 Å². The van der Waals surface area contributed by atoms with Gasteiger partial charge in [-0.25, -0.2) is 4.68 Å². The molecule has 0 aliphatic carbocycles. The number of hydrogen-bond donors (Lipinski definition) is 0. The van der Waals surface area contributed by atoms with Crippen LogP contribution in [-0.2, 0) is 6.54 Å². The van der Waals surface area contributed by atoms with Gasteiger partial charge >= 0.3 is 0 Å². The first-order valence-electron chi connectivity index (χ1n) is 5.31. The molecule has 0 aliphatic heterocycles. The van der Waals surface area contributed by atoms with Crippen LogP contribution in [0.25, 0.3) is 11.1 Å². The second-order valence-electron chi connectivity index (χ2n) is 3.58. The fraction of sp³-hybridized carbons (Fsp3) is 0.154. The quantitative estimate of drug-likeness (QED) is 0.800. The largest absolute Gasteiger partial charge is 0.268 e. The molecule has 0 saturated carbocycles. The Kier molecular flexibility index (Phi) is 3.31. The van der Waals surface area contributed by atoms with E-state index in [0.717, 1.165) is 11.1 Å². The van der Waals surface area contributed by atoms with Gasteiger partial charge in [0.05, 0.1) is 25.2 Å². The lowest BCUT2D eigenvalue weighted by molar-refractivity contribution is 0.589. The molecule has 0 unspecified atom stereocenters. The Hall–Kier alpha value is -2.41. The minimum Gasteiger partial charge on any atom is -0.268 e. The highest BCUT2D eigenvalue weighted by Crippen LogP contribution is 2.15. The molecule has 1 heterocycles. The maximum atomic E-state index is 11.7. The van der Waals surface area contributed by atoms with Crippen LogP contribution >= 0.6 is 0 Å². The van der Waals surface area contributed by atoms with Gasteiger partial charge in [-0.15, -0.1) is 0 Å². The summed E-state index contributed by atoms with van der Waals surface area (Å²) in [6, 6.07) is 13.1. The maximum Gasteiger partial charge on any atom is 0.267 e. The summed E-state index contributed by atoms with van der Waals surface area (Å²) in [5.74, 6) is 0. The predicted octanol–water partition coefficient (Wildman–Crippen LogP) is 1.82. The Morgan fingerprint density at radius 3 is 2.65 bits per heavy atom. The smallest absolute Gasteiger partial charge is 0.267 e. The molecule has 84 valence electrons.